The van der Waals surface area contributed by atoms with Crippen LogP contribution in [0.1, 0.15) is 25.7 Å². The van der Waals surface area contributed by atoms with Crippen LogP contribution in [0.5, 0.6) is 5.75 Å². The molecule has 1 aliphatic rings. The standard InChI is InChI=1S/C13H19NO3S/c1-17-11-3-5-12(6-4-11)18(15,16)10-2-7-13(14)8-9-13/h3-6H,2,7-10,14H2,1H3. The van der Waals surface area contributed by atoms with Crippen LogP contribution in [0.15, 0.2) is 29.2 Å². The number of hydrogen-bond acceptors (Lipinski definition) is 4. The quantitative estimate of drug-likeness (QED) is 0.854. The maximum Gasteiger partial charge on any atom is 0.178 e. The van der Waals surface area contributed by atoms with E-state index in [0.29, 0.717) is 17.1 Å². The number of nitrogens with two attached hydrogens (primary N) is 1. The van der Waals surface area contributed by atoms with E-state index in [0.717, 1.165) is 19.3 Å². The van der Waals surface area contributed by atoms with Gasteiger partial charge in [0, 0.05) is 5.54 Å². The lowest BCUT2D eigenvalue weighted by Crippen LogP contribution is -2.22. The van der Waals surface area contributed by atoms with Gasteiger partial charge >= 0.3 is 0 Å². The third-order valence-electron chi connectivity index (χ3n) is 3.40. The van der Waals surface area contributed by atoms with Gasteiger partial charge in [0.2, 0.25) is 0 Å². The van der Waals surface area contributed by atoms with Gasteiger partial charge in [-0.25, -0.2) is 8.42 Å². The summed E-state index contributed by atoms with van der Waals surface area (Å²) in [5.74, 6) is 0.825. The van der Waals surface area contributed by atoms with Gasteiger partial charge in [-0.3, -0.25) is 0 Å². The second-order valence-electron chi connectivity index (χ2n) is 4.96. The van der Waals surface area contributed by atoms with Crippen LogP contribution in [0, 0.1) is 0 Å². The Bertz CT molecular complexity index is 504. The van der Waals surface area contributed by atoms with Crippen molar-refractivity contribution < 1.29 is 13.2 Å². The van der Waals surface area contributed by atoms with Crippen LogP contribution >= 0.6 is 0 Å². The first kappa shape index (κ1) is 13.4. The summed E-state index contributed by atoms with van der Waals surface area (Å²) in [6.07, 6.45) is 3.47. The molecule has 0 aromatic heterocycles. The highest BCUT2D eigenvalue weighted by molar-refractivity contribution is 7.91. The molecule has 1 fully saturated rings. The Morgan fingerprint density at radius 3 is 2.39 bits per heavy atom. The molecule has 4 nitrogen and oxygen atoms in total. The van der Waals surface area contributed by atoms with E-state index in [9.17, 15) is 8.42 Å². The van der Waals surface area contributed by atoms with Gasteiger partial charge in [0.15, 0.2) is 9.84 Å². The lowest BCUT2D eigenvalue weighted by atomic mass is 10.1. The van der Waals surface area contributed by atoms with E-state index in [2.05, 4.69) is 0 Å². The van der Waals surface area contributed by atoms with Crippen molar-refractivity contribution in [2.24, 2.45) is 5.73 Å². The summed E-state index contributed by atoms with van der Waals surface area (Å²) in [5.41, 5.74) is 5.87. The van der Waals surface area contributed by atoms with Crippen LogP contribution in [0.2, 0.25) is 0 Å². The Morgan fingerprint density at radius 1 is 1.28 bits per heavy atom. The SMILES string of the molecule is COc1ccc(S(=O)(=O)CCCC2(N)CC2)cc1. The molecular formula is C13H19NO3S. The van der Waals surface area contributed by atoms with Crippen LogP contribution < -0.4 is 10.5 Å². The summed E-state index contributed by atoms with van der Waals surface area (Å²) in [5, 5.41) is 0. The zero-order chi connectivity index (χ0) is 13.2. The van der Waals surface area contributed by atoms with E-state index in [1.807, 2.05) is 0 Å². The maximum atomic E-state index is 12.1. The Hall–Kier alpha value is -1.07. The first-order valence-corrected chi connectivity index (χ1v) is 7.76. The van der Waals surface area contributed by atoms with Gasteiger partial charge < -0.3 is 10.5 Å². The van der Waals surface area contributed by atoms with Crippen molar-refractivity contribution in [2.75, 3.05) is 12.9 Å². The Morgan fingerprint density at radius 2 is 1.89 bits per heavy atom. The van der Waals surface area contributed by atoms with Crippen molar-refractivity contribution in [3.8, 4) is 5.75 Å². The maximum absolute atomic E-state index is 12.1. The van der Waals surface area contributed by atoms with Gasteiger partial charge in [0.05, 0.1) is 17.8 Å². The first-order valence-electron chi connectivity index (χ1n) is 6.11. The zero-order valence-corrected chi connectivity index (χ0v) is 11.4. The molecule has 0 bridgehead atoms. The highest BCUT2D eigenvalue weighted by atomic mass is 32.2. The van der Waals surface area contributed by atoms with Crippen molar-refractivity contribution >= 4 is 9.84 Å². The largest absolute Gasteiger partial charge is 0.497 e. The number of ether oxygens (including phenoxy) is 1. The minimum absolute atomic E-state index is 0.0740. The van der Waals surface area contributed by atoms with Gasteiger partial charge in [-0.05, 0) is 49.9 Å². The van der Waals surface area contributed by atoms with E-state index in [1.165, 1.54) is 0 Å². The van der Waals surface area contributed by atoms with Crippen LogP contribution in [0.4, 0.5) is 0 Å². The van der Waals surface area contributed by atoms with Crippen molar-refractivity contribution in [1.29, 1.82) is 0 Å². The van der Waals surface area contributed by atoms with Crippen LogP contribution in [-0.4, -0.2) is 26.8 Å². The Labute approximate surface area is 108 Å². The van der Waals surface area contributed by atoms with E-state index >= 15 is 0 Å². The summed E-state index contributed by atoms with van der Waals surface area (Å²) < 4.78 is 29.1. The molecule has 100 valence electrons. The van der Waals surface area contributed by atoms with E-state index in [1.54, 1.807) is 31.4 Å². The van der Waals surface area contributed by atoms with Crippen LogP contribution in [-0.2, 0) is 9.84 Å². The van der Waals surface area contributed by atoms with Gasteiger partial charge in [-0.2, -0.15) is 0 Å². The predicted octanol–water partition coefficient (Wildman–Crippen LogP) is 1.74. The van der Waals surface area contributed by atoms with E-state index < -0.39 is 9.84 Å². The van der Waals surface area contributed by atoms with Crippen molar-refractivity contribution in [1.82, 2.24) is 0 Å². The molecule has 1 aliphatic carbocycles. The summed E-state index contributed by atoms with van der Waals surface area (Å²) in [6.45, 7) is 0. The molecule has 0 saturated heterocycles. The molecule has 0 heterocycles. The summed E-state index contributed by atoms with van der Waals surface area (Å²) in [7, 11) is -1.64. The van der Waals surface area contributed by atoms with Gasteiger partial charge in [0.25, 0.3) is 0 Å². The topological polar surface area (TPSA) is 69.4 Å². The molecule has 2 rings (SSSR count). The molecule has 18 heavy (non-hydrogen) atoms. The third-order valence-corrected chi connectivity index (χ3v) is 5.22. The number of methoxy groups -OCH3 is 1. The second-order valence-corrected chi connectivity index (χ2v) is 7.07. The molecule has 0 spiro atoms. The minimum Gasteiger partial charge on any atom is -0.497 e. The number of benzene rings is 1. The molecule has 0 radical (unpaired) electrons. The summed E-state index contributed by atoms with van der Waals surface area (Å²) >= 11 is 0. The monoisotopic (exact) mass is 269 g/mol. The summed E-state index contributed by atoms with van der Waals surface area (Å²) in [4.78, 5) is 0.352. The average Bonchev–Trinajstić information content (AvgIpc) is 3.07. The molecule has 0 unspecified atom stereocenters. The van der Waals surface area contributed by atoms with Crippen LogP contribution in [0.3, 0.4) is 0 Å². The molecule has 0 amide bonds. The normalized spacial score (nSPS) is 17.4. The predicted molar refractivity (Wildman–Crippen MR) is 70.4 cm³/mol. The highest BCUT2D eigenvalue weighted by Gasteiger charge is 2.37. The van der Waals surface area contributed by atoms with Crippen LogP contribution in [0.25, 0.3) is 0 Å². The Balaban J connectivity index is 1.96. The first-order chi connectivity index (χ1) is 8.45. The molecule has 0 atom stereocenters. The zero-order valence-electron chi connectivity index (χ0n) is 10.6. The second kappa shape index (κ2) is 4.90. The third kappa shape index (κ3) is 3.23. The van der Waals surface area contributed by atoms with E-state index in [-0.39, 0.29) is 11.3 Å². The fourth-order valence-corrected chi connectivity index (χ4v) is 3.24. The fourth-order valence-electron chi connectivity index (χ4n) is 1.93. The minimum atomic E-state index is -3.19. The van der Waals surface area contributed by atoms with Crippen molar-refractivity contribution in [3.05, 3.63) is 24.3 Å². The van der Waals surface area contributed by atoms with Gasteiger partial charge in [0.1, 0.15) is 5.75 Å². The molecule has 1 aromatic rings. The highest BCUT2D eigenvalue weighted by Crippen LogP contribution is 2.36. The Kier molecular flexibility index (Phi) is 3.64. The van der Waals surface area contributed by atoms with Crippen molar-refractivity contribution in [3.63, 3.8) is 0 Å². The van der Waals surface area contributed by atoms with Gasteiger partial charge in [-0.15, -0.1) is 0 Å². The smallest absolute Gasteiger partial charge is 0.178 e. The molecule has 0 aliphatic heterocycles. The molecular weight excluding hydrogens is 250 g/mol. The molecule has 1 saturated carbocycles. The number of sulfone groups is 1. The fraction of sp³-hybridized carbons (Fsp3) is 0.538. The number of rotatable bonds is 6. The number of hydrogen-bond donors (Lipinski definition) is 1. The molecule has 1 aromatic carbocycles. The lowest BCUT2D eigenvalue weighted by molar-refractivity contribution is 0.414. The molecule has 2 N–H and O–H groups in total. The van der Waals surface area contributed by atoms with E-state index in [4.69, 9.17) is 10.5 Å². The van der Waals surface area contributed by atoms with Crippen molar-refractivity contribution in [2.45, 2.75) is 36.1 Å². The average molecular weight is 269 g/mol. The lowest BCUT2D eigenvalue weighted by Gasteiger charge is -2.09. The molecule has 5 heteroatoms. The summed E-state index contributed by atoms with van der Waals surface area (Å²) in [6, 6.07) is 6.50. The van der Waals surface area contributed by atoms with Gasteiger partial charge in [-0.1, -0.05) is 0 Å².